The number of methoxy groups -OCH3 is 2. The minimum atomic E-state index is -3.18. The van der Waals surface area contributed by atoms with Gasteiger partial charge in [0.25, 0.3) is 0 Å². The number of ether oxygens (including phenoxy) is 3. The highest BCUT2D eigenvalue weighted by Crippen LogP contribution is 2.35. The van der Waals surface area contributed by atoms with Crippen molar-refractivity contribution in [3.63, 3.8) is 0 Å². The smallest absolute Gasteiger partial charge is 0.312 e. The van der Waals surface area contributed by atoms with Crippen molar-refractivity contribution in [1.29, 1.82) is 0 Å². The summed E-state index contributed by atoms with van der Waals surface area (Å²) in [6.45, 7) is -0.753. The molecular weight excluding hydrogens is 358 g/mol. The summed E-state index contributed by atoms with van der Waals surface area (Å²) in [6.07, 6.45) is 5.66. The number of hydrogen-bond acceptors (Lipinski definition) is 7. The minimum Gasteiger partial charge on any atom is -0.481 e. The first-order chi connectivity index (χ1) is 13.0. The predicted molar refractivity (Wildman–Crippen MR) is 91.9 cm³/mol. The van der Waals surface area contributed by atoms with Crippen molar-refractivity contribution in [3.8, 4) is 28.6 Å². The Kier molecular flexibility index (Phi) is 5.51. The molecule has 3 aromatic rings. The molecule has 0 radical (unpaired) electrons. The van der Waals surface area contributed by atoms with E-state index in [2.05, 4.69) is 24.7 Å². The van der Waals surface area contributed by atoms with Gasteiger partial charge < -0.3 is 14.2 Å². The van der Waals surface area contributed by atoms with Crippen LogP contribution in [0.15, 0.2) is 49.2 Å². The lowest BCUT2D eigenvalue weighted by molar-refractivity contribution is -0.0731. The Hall–Kier alpha value is -3.20. The molecule has 0 aliphatic heterocycles. The Morgan fingerprint density at radius 3 is 2.52 bits per heavy atom. The first kappa shape index (κ1) is 18.6. The van der Waals surface area contributed by atoms with Crippen LogP contribution in [-0.2, 0) is 10.7 Å². The predicted octanol–water partition coefficient (Wildman–Crippen LogP) is 3.47. The van der Waals surface area contributed by atoms with Gasteiger partial charge in [0.05, 0.1) is 24.4 Å². The van der Waals surface area contributed by atoms with E-state index in [-0.39, 0.29) is 11.6 Å². The second-order valence-corrected chi connectivity index (χ2v) is 5.42. The minimum absolute atomic E-state index is 0.217. The number of halogens is 2. The molecule has 0 saturated carbocycles. The lowest BCUT2D eigenvalue weighted by atomic mass is 10.1. The topological polar surface area (TPSA) is 79.2 Å². The molecule has 0 N–H and O–H groups in total. The molecule has 3 rings (SSSR count). The van der Waals surface area contributed by atoms with Gasteiger partial charge in [-0.25, -0.2) is 15.0 Å². The summed E-state index contributed by atoms with van der Waals surface area (Å²) in [4.78, 5) is 16.0. The lowest BCUT2D eigenvalue weighted by Gasteiger charge is -2.15. The zero-order valence-electron chi connectivity index (χ0n) is 14.6. The summed E-state index contributed by atoms with van der Waals surface area (Å²) >= 11 is 0. The van der Waals surface area contributed by atoms with Crippen molar-refractivity contribution in [2.24, 2.45) is 0 Å². The third-order valence-electron chi connectivity index (χ3n) is 3.58. The summed E-state index contributed by atoms with van der Waals surface area (Å²) in [6, 6.07) is 6.09. The maximum Gasteiger partial charge on any atom is 0.312 e. The quantitative estimate of drug-likeness (QED) is 0.626. The molecule has 0 atom stereocenters. The van der Waals surface area contributed by atoms with Crippen molar-refractivity contribution < 1.29 is 23.0 Å². The monoisotopic (exact) mass is 374 g/mol. The summed E-state index contributed by atoms with van der Waals surface area (Å²) in [5.74, 6) is -2.34. The first-order valence-electron chi connectivity index (χ1n) is 7.85. The highest BCUT2D eigenvalue weighted by molar-refractivity contribution is 5.72. The van der Waals surface area contributed by atoms with Crippen molar-refractivity contribution >= 4 is 0 Å². The maximum absolute atomic E-state index is 13.8. The van der Waals surface area contributed by atoms with Gasteiger partial charge >= 0.3 is 5.92 Å². The van der Waals surface area contributed by atoms with Gasteiger partial charge in [0.2, 0.25) is 11.8 Å². The Morgan fingerprint density at radius 1 is 0.963 bits per heavy atom. The van der Waals surface area contributed by atoms with Crippen LogP contribution in [0.2, 0.25) is 0 Å². The van der Waals surface area contributed by atoms with E-state index in [1.165, 1.54) is 38.9 Å². The molecule has 0 bridgehead atoms. The van der Waals surface area contributed by atoms with E-state index < -0.39 is 18.2 Å². The molecule has 9 heteroatoms. The van der Waals surface area contributed by atoms with Crippen molar-refractivity contribution in [3.05, 3.63) is 54.9 Å². The average Bonchev–Trinajstić information content (AvgIpc) is 2.69. The van der Waals surface area contributed by atoms with Crippen LogP contribution in [0.4, 0.5) is 8.78 Å². The normalized spacial score (nSPS) is 11.3. The number of nitrogens with zero attached hydrogens (tertiary/aromatic N) is 4. The summed E-state index contributed by atoms with van der Waals surface area (Å²) < 4.78 is 43.1. The molecule has 0 spiro atoms. The Morgan fingerprint density at radius 2 is 1.81 bits per heavy atom. The fourth-order valence-corrected chi connectivity index (χ4v) is 2.37. The lowest BCUT2D eigenvalue weighted by Crippen LogP contribution is -2.21. The molecule has 3 heterocycles. The largest absolute Gasteiger partial charge is 0.481 e. The summed E-state index contributed by atoms with van der Waals surface area (Å²) in [5.41, 5.74) is 0.761. The fraction of sp³-hybridized carbons (Fsp3) is 0.222. The molecule has 7 nitrogen and oxygen atoms in total. The zero-order chi connectivity index (χ0) is 19.3. The zero-order valence-corrected chi connectivity index (χ0v) is 14.6. The van der Waals surface area contributed by atoms with Gasteiger partial charge in [0, 0.05) is 19.5 Å². The van der Waals surface area contributed by atoms with Crippen molar-refractivity contribution in [2.75, 3.05) is 20.8 Å². The van der Waals surface area contributed by atoms with Crippen LogP contribution < -0.4 is 9.47 Å². The summed E-state index contributed by atoms with van der Waals surface area (Å²) in [7, 11) is 2.70. The average molecular weight is 374 g/mol. The van der Waals surface area contributed by atoms with Crippen LogP contribution >= 0.6 is 0 Å². The van der Waals surface area contributed by atoms with E-state index in [0.29, 0.717) is 17.0 Å². The van der Waals surface area contributed by atoms with E-state index >= 15 is 0 Å². The van der Waals surface area contributed by atoms with E-state index in [1.807, 2.05) is 0 Å². The first-order valence-corrected chi connectivity index (χ1v) is 7.85. The van der Waals surface area contributed by atoms with Crippen molar-refractivity contribution in [2.45, 2.75) is 5.92 Å². The SMILES string of the molecule is COCC(F)(F)c1ccc(Oc2ncncc2-c2cccnc2OC)cn1. The van der Waals surface area contributed by atoms with Crippen LogP contribution in [0.3, 0.4) is 0 Å². The molecule has 0 aromatic carbocycles. The van der Waals surface area contributed by atoms with Gasteiger partial charge in [-0.1, -0.05) is 0 Å². The number of rotatable bonds is 7. The van der Waals surface area contributed by atoms with E-state index in [4.69, 9.17) is 9.47 Å². The number of pyridine rings is 2. The van der Waals surface area contributed by atoms with Gasteiger partial charge in [-0.05, 0) is 24.3 Å². The van der Waals surface area contributed by atoms with Crippen LogP contribution in [-0.4, -0.2) is 40.8 Å². The number of aromatic nitrogens is 4. The third kappa shape index (κ3) is 4.14. The van der Waals surface area contributed by atoms with E-state index in [0.717, 1.165) is 0 Å². The fourth-order valence-electron chi connectivity index (χ4n) is 2.37. The van der Waals surface area contributed by atoms with Crippen LogP contribution in [0, 0.1) is 0 Å². The van der Waals surface area contributed by atoms with Crippen LogP contribution in [0.1, 0.15) is 5.69 Å². The number of alkyl halides is 2. The van der Waals surface area contributed by atoms with Gasteiger partial charge in [-0.3, -0.25) is 4.98 Å². The molecule has 0 amide bonds. The molecule has 27 heavy (non-hydrogen) atoms. The molecule has 0 saturated heterocycles. The van der Waals surface area contributed by atoms with E-state index in [9.17, 15) is 8.78 Å². The van der Waals surface area contributed by atoms with Crippen LogP contribution in [0.5, 0.6) is 17.5 Å². The molecule has 0 unspecified atom stereocenters. The Labute approximate surface area is 154 Å². The maximum atomic E-state index is 13.8. The highest BCUT2D eigenvalue weighted by Gasteiger charge is 2.33. The van der Waals surface area contributed by atoms with Gasteiger partial charge in [0.15, 0.2) is 0 Å². The highest BCUT2D eigenvalue weighted by atomic mass is 19.3. The third-order valence-corrected chi connectivity index (χ3v) is 3.58. The van der Waals surface area contributed by atoms with Gasteiger partial charge in [0.1, 0.15) is 24.4 Å². The molecule has 0 aliphatic carbocycles. The number of hydrogen-bond donors (Lipinski definition) is 0. The van der Waals surface area contributed by atoms with Crippen molar-refractivity contribution in [1.82, 2.24) is 19.9 Å². The second-order valence-electron chi connectivity index (χ2n) is 5.42. The van der Waals surface area contributed by atoms with E-state index in [1.54, 1.807) is 24.5 Å². The summed E-state index contributed by atoms with van der Waals surface area (Å²) in [5, 5.41) is 0. The Balaban J connectivity index is 1.89. The standard InChI is InChI=1S/C18H16F2N4O3/c1-25-10-18(19,20)15-6-5-12(8-23-15)27-17-14(9-21-11-24-17)13-4-3-7-22-16(13)26-2/h3-9,11H,10H2,1-2H3. The van der Waals surface area contributed by atoms with Gasteiger partial charge in [-0.2, -0.15) is 8.78 Å². The molecule has 3 aromatic heterocycles. The van der Waals surface area contributed by atoms with Gasteiger partial charge in [-0.15, -0.1) is 0 Å². The Bertz CT molecular complexity index is 907. The molecule has 0 fully saturated rings. The van der Waals surface area contributed by atoms with Crippen LogP contribution in [0.25, 0.3) is 11.1 Å². The molecule has 0 aliphatic rings. The molecule has 140 valence electrons. The second kappa shape index (κ2) is 8.00. The molecular formula is C18H16F2N4O3.